The standard InChI is InChI=1S/C21H18ClN3O3/c1-13-6-11-19(28-13)21(27)25-24-14(2)16-4-3-5-18(12-16)23-20(26)15-7-9-17(22)10-8-15/h3-12H,1-2H3,(H,23,26)(H,25,27)/b24-14-. The van der Waals surface area contributed by atoms with Gasteiger partial charge < -0.3 is 9.73 Å². The molecule has 2 N–H and O–H groups in total. The fourth-order valence-corrected chi connectivity index (χ4v) is 2.56. The molecule has 0 atom stereocenters. The van der Waals surface area contributed by atoms with Gasteiger partial charge in [0.15, 0.2) is 5.76 Å². The molecular weight excluding hydrogens is 378 g/mol. The van der Waals surface area contributed by atoms with Crippen molar-refractivity contribution in [3.8, 4) is 0 Å². The molecule has 6 nitrogen and oxygen atoms in total. The maximum atomic E-state index is 12.3. The molecule has 0 fully saturated rings. The molecule has 1 heterocycles. The highest BCUT2D eigenvalue weighted by Gasteiger charge is 2.10. The summed E-state index contributed by atoms with van der Waals surface area (Å²) in [6.45, 7) is 3.52. The van der Waals surface area contributed by atoms with Crippen LogP contribution in [0.15, 0.2) is 70.2 Å². The minimum absolute atomic E-state index is 0.193. The van der Waals surface area contributed by atoms with Gasteiger partial charge >= 0.3 is 5.91 Å². The first-order valence-corrected chi connectivity index (χ1v) is 8.88. The molecule has 0 unspecified atom stereocenters. The molecular formula is C21H18ClN3O3. The summed E-state index contributed by atoms with van der Waals surface area (Å²) in [5, 5.41) is 7.49. The van der Waals surface area contributed by atoms with Crippen molar-refractivity contribution in [1.29, 1.82) is 0 Å². The van der Waals surface area contributed by atoms with Crippen molar-refractivity contribution in [3.05, 3.63) is 88.3 Å². The number of furan rings is 1. The van der Waals surface area contributed by atoms with Crippen LogP contribution in [0.3, 0.4) is 0 Å². The number of rotatable bonds is 5. The summed E-state index contributed by atoms with van der Waals surface area (Å²) in [4.78, 5) is 24.3. The molecule has 0 saturated carbocycles. The monoisotopic (exact) mass is 395 g/mol. The Morgan fingerprint density at radius 2 is 1.71 bits per heavy atom. The van der Waals surface area contributed by atoms with Gasteiger partial charge in [-0.05, 0) is 67.9 Å². The van der Waals surface area contributed by atoms with Crippen molar-refractivity contribution in [2.75, 3.05) is 5.32 Å². The quantitative estimate of drug-likeness (QED) is 0.487. The molecule has 0 aliphatic carbocycles. The number of aryl methyl sites for hydroxylation is 1. The second kappa shape index (κ2) is 8.54. The number of benzene rings is 2. The number of carbonyl (C=O) groups excluding carboxylic acids is 2. The van der Waals surface area contributed by atoms with Gasteiger partial charge in [0.2, 0.25) is 0 Å². The Labute approximate surface area is 167 Å². The van der Waals surface area contributed by atoms with E-state index in [1.807, 2.05) is 6.07 Å². The Bertz CT molecular complexity index is 1040. The number of nitrogens with one attached hydrogen (secondary N) is 2. The van der Waals surface area contributed by atoms with Gasteiger partial charge in [-0.3, -0.25) is 9.59 Å². The van der Waals surface area contributed by atoms with Crippen molar-refractivity contribution in [2.24, 2.45) is 5.10 Å². The van der Waals surface area contributed by atoms with E-state index in [4.69, 9.17) is 16.0 Å². The molecule has 28 heavy (non-hydrogen) atoms. The number of halogens is 1. The molecule has 0 saturated heterocycles. The van der Waals surface area contributed by atoms with Crippen molar-refractivity contribution < 1.29 is 14.0 Å². The van der Waals surface area contributed by atoms with Crippen LogP contribution >= 0.6 is 11.6 Å². The van der Waals surface area contributed by atoms with E-state index in [-0.39, 0.29) is 11.7 Å². The lowest BCUT2D eigenvalue weighted by Gasteiger charge is -2.08. The van der Waals surface area contributed by atoms with Gasteiger partial charge in [-0.2, -0.15) is 5.10 Å². The number of hydrogen-bond acceptors (Lipinski definition) is 4. The Kier molecular flexibility index (Phi) is 5.91. The largest absolute Gasteiger partial charge is 0.456 e. The van der Waals surface area contributed by atoms with Gasteiger partial charge in [-0.25, -0.2) is 5.43 Å². The molecule has 7 heteroatoms. The van der Waals surface area contributed by atoms with Crippen LogP contribution in [0.2, 0.25) is 5.02 Å². The summed E-state index contributed by atoms with van der Waals surface area (Å²) in [5.41, 5.74) is 4.91. The van der Waals surface area contributed by atoms with E-state index >= 15 is 0 Å². The lowest BCUT2D eigenvalue weighted by Crippen LogP contribution is -2.18. The van der Waals surface area contributed by atoms with Crippen LogP contribution in [0, 0.1) is 6.92 Å². The molecule has 2 amide bonds. The number of hydrazone groups is 1. The van der Waals surface area contributed by atoms with E-state index in [1.54, 1.807) is 68.4 Å². The highest BCUT2D eigenvalue weighted by atomic mass is 35.5. The van der Waals surface area contributed by atoms with Gasteiger partial charge in [0.05, 0.1) is 5.71 Å². The Hall–Kier alpha value is -3.38. The number of anilines is 1. The summed E-state index contributed by atoms with van der Waals surface area (Å²) in [6.07, 6.45) is 0. The Balaban J connectivity index is 1.68. The predicted octanol–water partition coefficient (Wildman–Crippen LogP) is 4.65. The van der Waals surface area contributed by atoms with E-state index in [0.717, 1.165) is 5.56 Å². The first kappa shape index (κ1) is 19.4. The lowest BCUT2D eigenvalue weighted by atomic mass is 10.1. The molecule has 0 spiro atoms. The maximum absolute atomic E-state index is 12.3. The first-order valence-electron chi connectivity index (χ1n) is 8.51. The maximum Gasteiger partial charge on any atom is 0.307 e. The van der Waals surface area contributed by atoms with Crippen LogP contribution in [-0.4, -0.2) is 17.5 Å². The van der Waals surface area contributed by atoms with Gasteiger partial charge in [0.1, 0.15) is 5.76 Å². The fourth-order valence-electron chi connectivity index (χ4n) is 2.44. The first-order chi connectivity index (χ1) is 13.4. The summed E-state index contributed by atoms with van der Waals surface area (Å²) < 4.78 is 5.26. The van der Waals surface area contributed by atoms with Crippen molar-refractivity contribution in [2.45, 2.75) is 13.8 Å². The van der Waals surface area contributed by atoms with Crippen LogP contribution in [0.5, 0.6) is 0 Å². The molecule has 1 aromatic heterocycles. The third kappa shape index (κ3) is 4.86. The molecule has 0 radical (unpaired) electrons. The van der Waals surface area contributed by atoms with Gasteiger partial charge in [-0.1, -0.05) is 23.7 Å². The van der Waals surface area contributed by atoms with Crippen LogP contribution in [-0.2, 0) is 0 Å². The topological polar surface area (TPSA) is 83.7 Å². The third-order valence-corrected chi connectivity index (χ3v) is 4.19. The van der Waals surface area contributed by atoms with Crippen LogP contribution in [0.4, 0.5) is 5.69 Å². The Morgan fingerprint density at radius 1 is 0.964 bits per heavy atom. The summed E-state index contributed by atoms with van der Waals surface area (Å²) >= 11 is 5.84. The molecule has 142 valence electrons. The number of hydrogen-bond donors (Lipinski definition) is 2. The molecule has 0 aliphatic rings. The van der Waals surface area contributed by atoms with Crippen molar-refractivity contribution in [1.82, 2.24) is 5.43 Å². The lowest BCUT2D eigenvalue weighted by molar-refractivity contribution is 0.0925. The summed E-state index contributed by atoms with van der Waals surface area (Å²) in [5.74, 6) is 0.164. The van der Waals surface area contributed by atoms with Crippen LogP contribution < -0.4 is 10.7 Å². The fraction of sp³-hybridized carbons (Fsp3) is 0.0952. The van der Waals surface area contributed by atoms with E-state index < -0.39 is 5.91 Å². The SMILES string of the molecule is C/C(=N/NC(=O)c1ccc(C)o1)c1cccc(NC(=O)c2ccc(Cl)cc2)c1. The smallest absolute Gasteiger partial charge is 0.307 e. The summed E-state index contributed by atoms with van der Waals surface area (Å²) in [6, 6.07) is 17.1. The average Bonchev–Trinajstić information content (AvgIpc) is 3.13. The highest BCUT2D eigenvalue weighted by Crippen LogP contribution is 2.15. The molecule has 0 aliphatic heterocycles. The zero-order valence-corrected chi connectivity index (χ0v) is 16.1. The Morgan fingerprint density at radius 3 is 2.39 bits per heavy atom. The van der Waals surface area contributed by atoms with E-state index in [2.05, 4.69) is 15.8 Å². The minimum atomic E-state index is -0.431. The van der Waals surface area contributed by atoms with Gasteiger partial charge in [-0.15, -0.1) is 0 Å². The van der Waals surface area contributed by atoms with Crippen LogP contribution in [0.25, 0.3) is 0 Å². The van der Waals surface area contributed by atoms with Crippen molar-refractivity contribution in [3.63, 3.8) is 0 Å². The number of carbonyl (C=O) groups is 2. The van der Waals surface area contributed by atoms with Gasteiger partial charge in [0, 0.05) is 16.3 Å². The normalized spacial score (nSPS) is 11.2. The third-order valence-electron chi connectivity index (χ3n) is 3.93. The second-order valence-corrected chi connectivity index (χ2v) is 6.53. The zero-order valence-electron chi connectivity index (χ0n) is 15.3. The molecule has 3 rings (SSSR count). The number of amides is 2. The van der Waals surface area contributed by atoms with Gasteiger partial charge in [0.25, 0.3) is 5.91 Å². The molecule has 0 bridgehead atoms. The number of nitrogens with zero attached hydrogens (tertiary/aromatic N) is 1. The van der Waals surface area contributed by atoms with E-state index in [1.165, 1.54) is 0 Å². The minimum Gasteiger partial charge on any atom is -0.456 e. The summed E-state index contributed by atoms with van der Waals surface area (Å²) in [7, 11) is 0. The van der Waals surface area contributed by atoms with E-state index in [0.29, 0.717) is 27.7 Å². The van der Waals surface area contributed by atoms with Crippen molar-refractivity contribution >= 4 is 34.8 Å². The predicted molar refractivity (Wildman–Crippen MR) is 109 cm³/mol. The highest BCUT2D eigenvalue weighted by molar-refractivity contribution is 6.30. The molecule has 2 aromatic carbocycles. The average molecular weight is 396 g/mol. The molecule has 3 aromatic rings. The van der Waals surface area contributed by atoms with E-state index in [9.17, 15) is 9.59 Å². The zero-order chi connectivity index (χ0) is 20.1. The second-order valence-electron chi connectivity index (χ2n) is 6.09. The van der Waals surface area contributed by atoms with Crippen LogP contribution in [0.1, 0.15) is 39.2 Å².